The van der Waals surface area contributed by atoms with Gasteiger partial charge in [-0.3, -0.25) is 0 Å². The second-order valence-corrected chi connectivity index (χ2v) is 6.20. The van der Waals surface area contributed by atoms with E-state index in [0.717, 1.165) is 6.54 Å². The number of rotatable bonds is 4. The van der Waals surface area contributed by atoms with Crippen LogP contribution in [0.25, 0.3) is 0 Å². The summed E-state index contributed by atoms with van der Waals surface area (Å²) in [7, 11) is 0. The smallest absolute Gasteiger partial charge is 0.0208 e. The van der Waals surface area contributed by atoms with Crippen LogP contribution in [0, 0.1) is 5.41 Å². The Morgan fingerprint density at radius 1 is 1.19 bits per heavy atom. The van der Waals surface area contributed by atoms with Gasteiger partial charge in [-0.15, -0.1) is 11.8 Å². The molecular formula is C14H23NS. The molecule has 0 saturated carbocycles. The summed E-state index contributed by atoms with van der Waals surface area (Å²) < 4.78 is 0. The highest BCUT2D eigenvalue weighted by Crippen LogP contribution is 2.19. The Labute approximate surface area is 104 Å². The third-order valence-corrected chi connectivity index (χ3v) is 3.81. The molecule has 16 heavy (non-hydrogen) atoms. The van der Waals surface area contributed by atoms with Crippen molar-refractivity contribution in [1.29, 1.82) is 0 Å². The van der Waals surface area contributed by atoms with Crippen LogP contribution in [0.15, 0.2) is 29.2 Å². The topological polar surface area (TPSA) is 12.0 Å². The highest BCUT2D eigenvalue weighted by atomic mass is 32.2. The summed E-state index contributed by atoms with van der Waals surface area (Å²) in [4.78, 5) is 1.33. The summed E-state index contributed by atoms with van der Waals surface area (Å²) in [6, 6.07) is 9.29. The van der Waals surface area contributed by atoms with E-state index in [1.165, 1.54) is 10.5 Å². The van der Waals surface area contributed by atoms with Crippen LogP contribution in [0.5, 0.6) is 0 Å². The van der Waals surface area contributed by atoms with E-state index in [1.807, 2.05) is 0 Å². The molecule has 0 aliphatic rings. The molecule has 1 N–H and O–H groups in total. The molecule has 0 aliphatic carbocycles. The van der Waals surface area contributed by atoms with Gasteiger partial charge < -0.3 is 5.32 Å². The molecule has 0 spiro atoms. The number of benzene rings is 1. The van der Waals surface area contributed by atoms with Crippen LogP contribution in [-0.2, 0) is 6.54 Å². The lowest BCUT2D eigenvalue weighted by Crippen LogP contribution is -2.37. The third kappa shape index (κ3) is 4.18. The molecule has 0 saturated heterocycles. The zero-order valence-corrected chi connectivity index (χ0v) is 11.8. The zero-order valence-electron chi connectivity index (χ0n) is 11.0. The van der Waals surface area contributed by atoms with E-state index in [2.05, 4.69) is 63.5 Å². The van der Waals surface area contributed by atoms with Gasteiger partial charge in [-0.2, -0.15) is 0 Å². The van der Waals surface area contributed by atoms with Crippen molar-refractivity contribution in [2.75, 3.05) is 6.26 Å². The first-order chi connectivity index (χ1) is 7.43. The fraction of sp³-hybridized carbons (Fsp3) is 0.571. The van der Waals surface area contributed by atoms with Crippen LogP contribution in [0.4, 0.5) is 0 Å². The van der Waals surface area contributed by atoms with E-state index >= 15 is 0 Å². The van der Waals surface area contributed by atoms with E-state index in [1.54, 1.807) is 11.8 Å². The van der Waals surface area contributed by atoms with Crippen molar-refractivity contribution < 1.29 is 0 Å². The molecule has 0 bridgehead atoms. The molecule has 2 heteroatoms. The third-order valence-electron chi connectivity index (χ3n) is 3.07. The number of thioether (sulfide) groups is 1. The van der Waals surface area contributed by atoms with Crippen molar-refractivity contribution in [3.05, 3.63) is 29.8 Å². The molecule has 1 rings (SSSR count). The summed E-state index contributed by atoms with van der Waals surface area (Å²) in [6.07, 6.45) is 2.11. The minimum absolute atomic E-state index is 0.319. The second-order valence-electron chi connectivity index (χ2n) is 5.32. The van der Waals surface area contributed by atoms with E-state index in [4.69, 9.17) is 0 Å². The second kappa shape index (κ2) is 5.74. The molecule has 1 atom stereocenters. The van der Waals surface area contributed by atoms with Crippen LogP contribution >= 0.6 is 11.8 Å². The quantitative estimate of drug-likeness (QED) is 0.796. The zero-order chi connectivity index (χ0) is 12.2. The maximum atomic E-state index is 3.57. The lowest BCUT2D eigenvalue weighted by Gasteiger charge is -2.28. The molecule has 0 amide bonds. The highest BCUT2D eigenvalue weighted by molar-refractivity contribution is 7.98. The van der Waals surface area contributed by atoms with E-state index in [9.17, 15) is 0 Å². The van der Waals surface area contributed by atoms with Gasteiger partial charge in [0.1, 0.15) is 0 Å². The van der Waals surface area contributed by atoms with Gasteiger partial charge in [0, 0.05) is 17.5 Å². The van der Waals surface area contributed by atoms with Crippen molar-refractivity contribution >= 4 is 11.8 Å². The van der Waals surface area contributed by atoms with E-state index in [-0.39, 0.29) is 0 Å². The van der Waals surface area contributed by atoms with Gasteiger partial charge in [-0.05, 0) is 36.3 Å². The first-order valence-electron chi connectivity index (χ1n) is 5.80. The van der Waals surface area contributed by atoms with Gasteiger partial charge in [-0.25, -0.2) is 0 Å². The molecule has 0 heterocycles. The summed E-state index contributed by atoms with van der Waals surface area (Å²) in [5.74, 6) is 0. The molecule has 0 radical (unpaired) electrons. The van der Waals surface area contributed by atoms with Gasteiger partial charge in [0.25, 0.3) is 0 Å². The Morgan fingerprint density at radius 2 is 1.75 bits per heavy atom. The maximum Gasteiger partial charge on any atom is 0.0208 e. The molecule has 1 unspecified atom stereocenters. The van der Waals surface area contributed by atoms with Crippen molar-refractivity contribution in [2.24, 2.45) is 5.41 Å². The summed E-state index contributed by atoms with van der Waals surface area (Å²) in [5.41, 5.74) is 1.67. The Bertz CT molecular complexity index is 311. The Morgan fingerprint density at radius 3 is 2.19 bits per heavy atom. The summed E-state index contributed by atoms with van der Waals surface area (Å²) >= 11 is 1.79. The highest BCUT2D eigenvalue weighted by Gasteiger charge is 2.18. The number of hydrogen-bond acceptors (Lipinski definition) is 2. The van der Waals surface area contributed by atoms with Gasteiger partial charge in [-0.1, -0.05) is 32.9 Å². The maximum absolute atomic E-state index is 3.57. The van der Waals surface area contributed by atoms with E-state index in [0.29, 0.717) is 11.5 Å². The monoisotopic (exact) mass is 237 g/mol. The average molecular weight is 237 g/mol. The van der Waals surface area contributed by atoms with Crippen LogP contribution in [-0.4, -0.2) is 12.3 Å². The minimum Gasteiger partial charge on any atom is -0.310 e. The SMILES string of the molecule is CSc1ccc(CNC(C)C(C)(C)C)cc1. The van der Waals surface area contributed by atoms with Gasteiger partial charge in [0.15, 0.2) is 0 Å². The Hall–Kier alpha value is -0.470. The van der Waals surface area contributed by atoms with Crippen molar-refractivity contribution in [3.63, 3.8) is 0 Å². The Balaban J connectivity index is 2.48. The Kier molecular flexibility index (Phi) is 4.88. The standard InChI is InChI=1S/C14H23NS/c1-11(14(2,3)4)15-10-12-6-8-13(16-5)9-7-12/h6-9,11,15H,10H2,1-5H3. The molecule has 1 nitrogen and oxygen atoms in total. The van der Waals surface area contributed by atoms with Crippen LogP contribution < -0.4 is 5.32 Å². The summed E-state index contributed by atoms with van der Waals surface area (Å²) in [5, 5.41) is 3.57. The van der Waals surface area contributed by atoms with Crippen molar-refractivity contribution in [1.82, 2.24) is 5.32 Å². The predicted octanol–water partition coefficient (Wildman–Crippen LogP) is 3.93. The summed E-state index contributed by atoms with van der Waals surface area (Å²) in [6.45, 7) is 9.99. The fourth-order valence-corrected chi connectivity index (χ4v) is 1.73. The van der Waals surface area contributed by atoms with Crippen LogP contribution in [0.1, 0.15) is 33.3 Å². The normalized spacial score (nSPS) is 13.8. The molecule has 0 aromatic heterocycles. The fourth-order valence-electron chi connectivity index (χ4n) is 1.32. The number of nitrogens with one attached hydrogen (secondary N) is 1. The van der Waals surface area contributed by atoms with Gasteiger partial charge >= 0.3 is 0 Å². The average Bonchev–Trinajstić information content (AvgIpc) is 2.25. The lowest BCUT2D eigenvalue weighted by molar-refractivity contribution is 0.285. The van der Waals surface area contributed by atoms with Crippen molar-refractivity contribution in [2.45, 2.75) is 45.2 Å². The van der Waals surface area contributed by atoms with Crippen molar-refractivity contribution in [3.8, 4) is 0 Å². The largest absolute Gasteiger partial charge is 0.310 e. The van der Waals surface area contributed by atoms with Gasteiger partial charge in [0.2, 0.25) is 0 Å². The predicted molar refractivity (Wildman–Crippen MR) is 74.0 cm³/mol. The van der Waals surface area contributed by atoms with E-state index < -0.39 is 0 Å². The molecule has 1 aromatic rings. The lowest BCUT2D eigenvalue weighted by atomic mass is 9.88. The molecule has 1 aromatic carbocycles. The van der Waals surface area contributed by atoms with Crippen LogP contribution in [0.3, 0.4) is 0 Å². The number of hydrogen-bond donors (Lipinski definition) is 1. The van der Waals surface area contributed by atoms with Gasteiger partial charge in [0.05, 0.1) is 0 Å². The van der Waals surface area contributed by atoms with Crippen LogP contribution in [0.2, 0.25) is 0 Å². The molecule has 0 fully saturated rings. The molecular weight excluding hydrogens is 214 g/mol. The first kappa shape index (κ1) is 13.6. The molecule has 0 aliphatic heterocycles. The first-order valence-corrected chi connectivity index (χ1v) is 7.02. The molecule has 90 valence electrons. The minimum atomic E-state index is 0.319.